The molecule has 6 heteroatoms. The highest BCUT2D eigenvalue weighted by atomic mass is 19.4. The molecule has 2 N–H and O–H groups in total. The number of ether oxygens (including phenoxy) is 1. The largest absolute Gasteiger partial charge is 0.459 e. The molecule has 0 amide bonds. The third kappa shape index (κ3) is 10.5. The molecule has 0 aromatic heterocycles. The molecular formula is C24H38F3NO2. The fourth-order valence-corrected chi connectivity index (χ4v) is 3.53. The molecule has 0 spiro atoms. The van der Waals surface area contributed by atoms with Crippen LogP contribution in [0.3, 0.4) is 0 Å². The summed E-state index contributed by atoms with van der Waals surface area (Å²) in [6.45, 7) is 7.04. The Morgan fingerprint density at radius 2 is 1.47 bits per heavy atom. The summed E-state index contributed by atoms with van der Waals surface area (Å²) in [7, 11) is 0. The average Bonchev–Trinajstić information content (AvgIpc) is 2.59. The standard InChI is InChI=1S/C24H38F3NO2/c1-5-6-7-8-9-10-11-14-19-15-12-13-16-20(19)17-23(28,18-24(25,26)27)21(29)30-22(2,3)4/h12-13,15-16H,5-11,14,17-18,28H2,1-4H3/t23-/m1/s1. The number of halogens is 3. The zero-order valence-corrected chi connectivity index (χ0v) is 18.9. The molecule has 1 aromatic carbocycles. The number of benzene rings is 1. The first-order chi connectivity index (χ1) is 13.9. The van der Waals surface area contributed by atoms with Crippen LogP contribution in [0.2, 0.25) is 0 Å². The van der Waals surface area contributed by atoms with Crippen LogP contribution in [-0.2, 0) is 22.4 Å². The summed E-state index contributed by atoms with van der Waals surface area (Å²) < 4.78 is 44.9. The zero-order chi connectivity index (χ0) is 22.8. The monoisotopic (exact) mass is 429 g/mol. The van der Waals surface area contributed by atoms with Crippen LogP contribution in [0, 0.1) is 0 Å². The van der Waals surface area contributed by atoms with Crippen LogP contribution in [0.1, 0.15) is 90.2 Å². The number of unbranched alkanes of at least 4 members (excludes halogenated alkanes) is 6. The first-order valence-corrected chi connectivity index (χ1v) is 11.0. The molecule has 172 valence electrons. The van der Waals surface area contributed by atoms with Crippen molar-refractivity contribution in [3.8, 4) is 0 Å². The van der Waals surface area contributed by atoms with Gasteiger partial charge in [0, 0.05) is 6.42 Å². The molecule has 0 saturated carbocycles. The van der Waals surface area contributed by atoms with Gasteiger partial charge in [-0.1, -0.05) is 69.7 Å². The van der Waals surface area contributed by atoms with E-state index in [4.69, 9.17) is 10.5 Å². The molecule has 0 unspecified atom stereocenters. The summed E-state index contributed by atoms with van der Waals surface area (Å²) in [6, 6.07) is 7.32. The van der Waals surface area contributed by atoms with Crippen molar-refractivity contribution in [2.45, 2.75) is 109 Å². The number of esters is 1. The molecule has 1 aromatic rings. The molecule has 3 nitrogen and oxygen atoms in total. The van der Waals surface area contributed by atoms with E-state index in [1.54, 1.807) is 32.9 Å². The van der Waals surface area contributed by atoms with Gasteiger partial charge in [0.25, 0.3) is 0 Å². The van der Waals surface area contributed by atoms with E-state index in [0.717, 1.165) is 31.2 Å². The van der Waals surface area contributed by atoms with E-state index in [9.17, 15) is 18.0 Å². The molecule has 0 fully saturated rings. The Bertz CT molecular complexity index is 653. The van der Waals surface area contributed by atoms with Crippen LogP contribution in [0.5, 0.6) is 0 Å². The van der Waals surface area contributed by atoms with Gasteiger partial charge in [-0.25, -0.2) is 0 Å². The second-order valence-corrected chi connectivity index (χ2v) is 9.27. The molecule has 1 rings (SSSR count). The molecule has 1 atom stereocenters. The Morgan fingerprint density at radius 1 is 0.933 bits per heavy atom. The van der Waals surface area contributed by atoms with Gasteiger partial charge in [0.05, 0.1) is 6.42 Å². The van der Waals surface area contributed by atoms with Crippen molar-refractivity contribution in [2.24, 2.45) is 5.73 Å². The van der Waals surface area contributed by atoms with Crippen molar-refractivity contribution in [1.29, 1.82) is 0 Å². The lowest BCUT2D eigenvalue weighted by Crippen LogP contribution is -2.55. The van der Waals surface area contributed by atoms with Crippen LogP contribution >= 0.6 is 0 Å². The lowest BCUT2D eigenvalue weighted by atomic mass is 9.85. The number of nitrogens with two attached hydrogens (primary N) is 1. The summed E-state index contributed by atoms with van der Waals surface area (Å²) >= 11 is 0. The minimum Gasteiger partial charge on any atom is -0.459 e. The van der Waals surface area contributed by atoms with Gasteiger partial charge >= 0.3 is 12.1 Å². The van der Waals surface area contributed by atoms with Crippen molar-refractivity contribution in [3.63, 3.8) is 0 Å². The summed E-state index contributed by atoms with van der Waals surface area (Å²) in [5.74, 6) is -1.02. The maximum Gasteiger partial charge on any atom is 0.391 e. The van der Waals surface area contributed by atoms with Gasteiger partial charge in [-0.2, -0.15) is 13.2 Å². The normalized spacial score (nSPS) is 14.4. The van der Waals surface area contributed by atoms with Crippen molar-refractivity contribution >= 4 is 5.97 Å². The minimum atomic E-state index is -4.57. The predicted octanol–water partition coefficient (Wildman–Crippen LogP) is 6.51. The molecule has 0 bridgehead atoms. The van der Waals surface area contributed by atoms with Gasteiger partial charge in [-0.3, -0.25) is 4.79 Å². The Kier molecular flexibility index (Phi) is 10.4. The predicted molar refractivity (Wildman–Crippen MR) is 115 cm³/mol. The minimum absolute atomic E-state index is 0.200. The SMILES string of the molecule is CCCCCCCCCc1ccccc1C[C@@](N)(CC(F)(F)F)C(=O)OC(C)(C)C. The van der Waals surface area contributed by atoms with Crippen LogP contribution < -0.4 is 5.73 Å². The molecule has 0 aliphatic carbocycles. The number of hydrogen-bond acceptors (Lipinski definition) is 3. The Balaban J connectivity index is 2.87. The molecular weight excluding hydrogens is 391 g/mol. The molecule has 30 heavy (non-hydrogen) atoms. The van der Waals surface area contributed by atoms with Crippen molar-refractivity contribution < 1.29 is 22.7 Å². The summed E-state index contributed by atoms with van der Waals surface area (Å²) in [5, 5.41) is 0. The maximum atomic E-state index is 13.2. The topological polar surface area (TPSA) is 52.3 Å². The van der Waals surface area contributed by atoms with Crippen LogP contribution in [0.15, 0.2) is 24.3 Å². The molecule has 0 aliphatic heterocycles. The van der Waals surface area contributed by atoms with Crippen molar-refractivity contribution in [1.82, 2.24) is 0 Å². The Morgan fingerprint density at radius 3 is 2.00 bits per heavy atom. The highest BCUT2D eigenvalue weighted by Crippen LogP contribution is 2.31. The fraction of sp³-hybridized carbons (Fsp3) is 0.708. The smallest absolute Gasteiger partial charge is 0.391 e. The van der Waals surface area contributed by atoms with E-state index in [1.807, 2.05) is 12.1 Å². The highest BCUT2D eigenvalue weighted by Gasteiger charge is 2.47. The third-order valence-corrected chi connectivity index (χ3v) is 5.00. The van der Waals surface area contributed by atoms with Gasteiger partial charge in [-0.05, 0) is 44.7 Å². The number of carbonyl (C=O) groups is 1. The van der Waals surface area contributed by atoms with Crippen LogP contribution in [-0.4, -0.2) is 23.3 Å². The molecule has 0 radical (unpaired) electrons. The van der Waals surface area contributed by atoms with Crippen LogP contribution in [0.4, 0.5) is 13.2 Å². The zero-order valence-electron chi connectivity index (χ0n) is 18.9. The van der Waals surface area contributed by atoms with Gasteiger partial charge in [0.1, 0.15) is 11.1 Å². The average molecular weight is 430 g/mol. The maximum absolute atomic E-state index is 13.2. The van der Waals surface area contributed by atoms with E-state index in [-0.39, 0.29) is 6.42 Å². The van der Waals surface area contributed by atoms with E-state index in [2.05, 4.69) is 6.92 Å². The number of aryl methyl sites for hydroxylation is 1. The first kappa shape index (κ1) is 26.5. The highest BCUT2D eigenvalue weighted by molar-refractivity contribution is 5.81. The van der Waals surface area contributed by atoms with Gasteiger partial charge in [0.15, 0.2) is 0 Å². The van der Waals surface area contributed by atoms with E-state index in [1.165, 1.54) is 25.7 Å². The summed E-state index contributed by atoms with van der Waals surface area (Å²) in [6.07, 6.45) is 2.72. The first-order valence-electron chi connectivity index (χ1n) is 11.0. The number of carbonyl (C=O) groups excluding carboxylic acids is 1. The quantitative estimate of drug-likeness (QED) is 0.304. The number of rotatable bonds is 12. The second-order valence-electron chi connectivity index (χ2n) is 9.27. The number of hydrogen-bond donors (Lipinski definition) is 1. The second kappa shape index (κ2) is 11.7. The summed E-state index contributed by atoms with van der Waals surface area (Å²) in [4.78, 5) is 12.6. The summed E-state index contributed by atoms with van der Waals surface area (Å²) in [5.41, 5.74) is 4.63. The van der Waals surface area contributed by atoms with Gasteiger partial charge in [0.2, 0.25) is 0 Å². The van der Waals surface area contributed by atoms with Gasteiger partial charge < -0.3 is 10.5 Å². The third-order valence-electron chi connectivity index (χ3n) is 5.00. The Labute approximate surface area is 179 Å². The molecule has 0 heterocycles. The van der Waals surface area contributed by atoms with E-state index < -0.39 is 29.7 Å². The Hall–Kier alpha value is -1.56. The van der Waals surface area contributed by atoms with Crippen LogP contribution in [0.25, 0.3) is 0 Å². The van der Waals surface area contributed by atoms with Crippen molar-refractivity contribution in [3.05, 3.63) is 35.4 Å². The number of alkyl halides is 3. The lowest BCUT2D eigenvalue weighted by Gasteiger charge is -2.32. The van der Waals surface area contributed by atoms with E-state index >= 15 is 0 Å². The molecule has 0 aliphatic rings. The van der Waals surface area contributed by atoms with Gasteiger partial charge in [-0.15, -0.1) is 0 Å². The van der Waals surface area contributed by atoms with Crippen molar-refractivity contribution in [2.75, 3.05) is 0 Å². The fourth-order valence-electron chi connectivity index (χ4n) is 3.53. The molecule has 0 saturated heterocycles. The van der Waals surface area contributed by atoms with E-state index in [0.29, 0.717) is 5.56 Å². The lowest BCUT2D eigenvalue weighted by molar-refractivity contribution is -0.179.